The van der Waals surface area contributed by atoms with Gasteiger partial charge in [0.1, 0.15) is 5.75 Å². The van der Waals surface area contributed by atoms with Crippen LogP contribution in [-0.4, -0.2) is 52.4 Å². The predicted molar refractivity (Wildman–Crippen MR) is 115 cm³/mol. The number of nitrogens with zero attached hydrogens (tertiary/aromatic N) is 2. The number of amides is 1. The summed E-state index contributed by atoms with van der Waals surface area (Å²) in [6, 6.07) is 14.0. The predicted octanol–water partition coefficient (Wildman–Crippen LogP) is 2.48. The van der Waals surface area contributed by atoms with Crippen molar-refractivity contribution in [2.24, 2.45) is 0 Å². The van der Waals surface area contributed by atoms with Crippen molar-refractivity contribution >= 4 is 21.6 Å². The fraction of sp³-hybridized carbons (Fsp3) is 0.381. The second-order valence-electron chi connectivity index (χ2n) is 6.55. The standard InChI is InChI=1S/C21H29N3O4S/c1-5-24(6-2)18-9-7-17(8-10-18)15-22-21(25)16-23(3)29(26,27)20-13-11-19(28-4)12-14-20/h7-14H,5-6,15-16H2,1-4H3,(H,22,25). The summed E-state index contributed by atoms with van der Waals surface area (Å²) in [6.45, 7) is 6.16. The summed E-state index contributed by atoms with van der Waals surface area (Å²) in [5.41, 5.74) is 2.09. The number of ether oxygens (including phenoxy) is 1. The fourth-order valence-corrected chi connectivity index (χ4v) is 4.01. The average Bonchev–Trinajstić information content (AvgIpc) is 2.74. The van der Waals surface area contributed by atoms with Crippen LogP contribution in [0.3, 0.4) is 0 Å². The molecule has 0 atom stereocenters. The number of sulfonamides is 1. The smallest absolute Gasteiger partial charge is 0.243 e. The third-order valence-corrected chi connectivity index (χ3v) is 6.51. The number of carbonyl (C=O) groups is 1. The minimum absolute atomic E-state index is 0.112. The molecule has 0 saturated carbocycles. The molecule has 0 aromatic heterocycles. The molecule has 7 nitrogen and oxygen atoms in total. The Morgan fingerprint density at radius 2 is 1.59 bits per heavy atom. The van der Waals surface area contributed by atoms with Crippen LogP contribution in [0.1, 0.15) is 19.4 Å². The lowest BCUT2D eigenvalue weighted by Crippen LogP contribution is -2.38. The Morgan fingerprint density at radius 1 is 1.00 bits per heavy atom. The van der Waals surface area contributed by atoms with Crippen LogP contribution in [-0.2, 0) is 21.4 Å². The van der Waals surface area contributed by atoms with Crippen LogP contribution < -0.4 is 15.0 Å². The van der Waals surface area contributed by atoms with Gasteiger partial charge in [-0.3, -0.25) is 4.79 Å². The van der Waals surface area contributed by atoms with Gasteiger partial charge in [-0.05, 0) is 55.8 Å². The van der Waals surface area contributed by atoms with E-state index in [1.165, 1.54) is 26.3 Å². The molecule has 8 heteroatoms. The van der Waals surface area contributed by atoms with Crippen LogP contribution in [0.4, 0.5) is 5.69 Å². The first-order chi connectivity index (χ1) is 13.8. The average molecular weight is 420 g/mol. The molecule has 0 spiro atoms. The van der Waals surface area contributed by atoms with Gasteiger partial charge in [0.25, 0.3) is 0 Å². The van der Waals surface area contributed by atoms with Crippen molar-refractivity contribution in [2.45, 2.75) is 25.3 Å². The molecule has 0 heterocycles. The number of methoxy groups -OCH3 is 1. The molecule has 158 valence electrons. The van der Waals surface area contributed by atoms with Crippen molar-refractivity contribution in [3.63, 3.8) is 0 Å². The van der Waals surface area contributed by atoms with Crippen LogP contribution >= 0.6 is 0 Å². The SMILES string of the molecule is CCN(CC)c1ccc(CNC(=O)CN(C)S(=O)(=O)c2ccc(OC)cc2)cc1. The maximum absolute atomic E-state index is 12.6. The Balaban J connectivity index is 1.92. The summed E-state index contributed by atoms with van der Waals surface area (Å²) < 4.78 is 31.3. The van der Waals surface area contributed by atoms with Crippen molar-refractivity contribution in [3.05, 3.63) is 54.1 Å². The lowest BCUT2D eigenvalue weighted by molar-refractivity contribution is -0.121. The molecule has 0 aliphatic rings. The molecule has 1 N–H and O–H groups in total. The molecule has 2 rings (SSSR count). The third-order valence-electron chi connectivity index (χ3n) is 4.69. The van der Waals surface area contributed by atoms with Crippen LogP contribution in [0, 0.1) is 0 Å². The molecule has 0 fully saturated rings. The van der Waals surface area contributed by atoms with E-state index in [-0.39, 0.29) is 17.3 Å². The largest absolute Gasteiger partial charge is 0.497 e. The van der Waals surface area contributed by atoms with E-state index in [9.17, 15) is 13.2 Å². The maximum atomic E-state index is 12.6. The summed E-state index contributed by atoms with van der Waals surface area (Å²) in [6.07, 6.45) is 0. The fourth-order valence-electron chi connectivity index (χ4n) is 2.88. The number of nitrogens with one attached hydrogen (secondary N) is 1. The summed E-state index contributed by atoms with van der Waals surface area (Å²) in [5, 5.41) is 2.77. The zero-order chi connectivity index (χ0) is 21.4. The molecule has 1 amide bonds. The van der Waals surface area contributed by atoms with E-state index in [4.69, 9.17) is 4.74 Å². The van der Waals surface area contributed by atoms with E-state index in [0.29, 0.717) is 12.3 Å². The Kier molecular flexibility index (Phi) is 8.04. The Morgan fingerprint density at radius 3 is 2.10 bits per heavy atom. The first-order valence-corrected chi connectivity index (χ1v) is 11.0. The molecular formula is C21H29N3O4S. The molecule has 0 bridgehead atoms. The molecule has 0 saturated heterocycles. The second kappa shape index (κ2) is 10.3. The minimum atomic E-state index is -3.75. The highest BCUT2D eigenvalue weighted by Crippen LogP contribution is 2.18. The van der Waals surface area contributed by atoms with E-state index < -0.39 is 10.0 Å². The van der Waals surface area contributed by atoms with Crippen molar-refractivity contribution < 1.29 is 17.9 Å². The number of anilines is 1. The molecule has 0 radical (unpaired) electrons. The lowest BCUT2D eigenvalue weighted by Gasteiger charge is -2.21. The second-order valence-corrected chi connectivity index (χ2v) is 8.60. The monoisotopic (exact) mass is 419 g/mol. The van der Waals surface area contributed by atoms with Gasteiger partial charge < -0.3 is 15.0 Å². The number of likely N-dealkylation sites (N-methyl/N-ethyl adjacent to an activating group) is 1. The number of hydrogen-bond donors (Lipinski definition) is 1. The zero-order valence-electron chi connectivity index (χ0n) is 17.4. The molecule has 2 aromatic carbocycles. The van der Waals surface area contributed by atoms with Crippen LogP contribution in [0.15, 0.2) is 53.4 Å². The van der Waals surface area contributed by atoms with Gasteiger partial charge in [0.05, 0.1) is 18.6 Å². The summed E-state index contributed by atoms with van der Waals surface area (Å²) >= 11 is 0. The van der Waals surface area contributed by atoms with Gasteiger partial charge in [-0.25, -0.2) is 8.42 Å². The van der Waals surface area contributed by atoms with Crippen LogP contribution in [0.2, 0.25) is 0 Å². The summed E-state index contributed by atoms with van der Waals surface area (Å²) in [7, 11) is -0.854. The van der Waals surface area contributed by atoms with Crippen molar-refractivity contribution in [3.8, 4) is 5.75 Å². The Bertz CT molecular complexity index is 893. The first kappa shape index (κ1) is 22.7. The van der Waals surface area contributed by atoms with Gasteiger partial charge in [0, 0.05) is 32.4 Å². The summed E-state index contributed by atoms with van der Waals surface area (Å²) in [4.78, 5) is 14.6. The van der Waals surface area contributed by atoms with Gasteiger partial charge in [0.15, 0.2) is 0 Å². The van der Waals surface area contributed by atoms with E-state index in [2.05, 4.69) is 24.1 Å². The van der Waals surface area contributed by atoms with Crippen LogP contribution in [0.25, 0.3) is 0 Å². The lowest BCUT2D eigenvalue weighted by atomic mass is 10.2. The zero-order valence-corrected chi connectivity index (χ0v) is 18.2. The van der Waals surface area contributed by atoms with Gasteiger partial charge in [-0.1, -0.05) is 12.1 Å². The maximum Gasteiger partial charge on any atom is 0.243 e. The molecule has 0 aliphatic carbocycles. The Hall–Kier alpha value is -2.58. The number of hydrogen-bond acceptors (Lipinski definition) is 5. The number of benzene rings is 2. The molecule has 0 unspecified atom stereocenters. The van der Waals surface area contributed by atoms with E-state index in [1.807, 2.05) is 24.3 Å². The van der Waals surface area contributed by atoms with E-state index in [0.717, 1.165) is 28.6 Å². The number of carbonyl (C=O) groups excluding carboxylic acids is 1. The van der Waals surface area contributed by atoms with Gasteiger partial charge >= 0.3 is 0 Å². The highest BCUT2D eigenvalue weighted by atomic mass is 32.2. The molecule has 2 aromatic rings. The minimum Gasteiger partial charge on any atom is -0.497 e. The van der Waals surface area contributed by atoms with Crippen LogP contribution in [0.5, 0.6) is 5.75 Å². The molecule has 0 aliphatic heterocycles. The van der Waals surface area contributed by atoms with Crippen molar-refractivity contribution in [1.29, 1.82) is 0 Å². The van der Waals surface area contributed by atoms with Crippen molar-refractivity contribution in [2.75, 3.05) is 38.7 Å². The highest BCUT2D eigenvalue weighted by Gasteiger charge is 2.22. The van der Waals surface area contributed by atoms with Gasteiger partial charge in [-0.2, -0.15) is 4.31 Å². The van der Waals surface area contributed by atoms with E-state index in [1.54, 1.807) is 12.1 Å². The highest BCUT2D eigenvalue weighted by molar-refractivity contribution is 7.89. The number of rotatable bonds is 10. The van der Waals surface area contributed by atoms with Gasteiger partial charge in [-0.15, -0.1) is 0 Å². The first-order valence-electron chi connectivity index (χ1n) is 9.52. The van der Waals surface area contributed by atoms with Crippen molar-refractivity contribution in [1.82, 2.24) is 9.62 Å². The molecular weight excluding hydrogens is 390 g/mol. The third kappa shape index (κ3) is 5.95. The van der Waals surface area contributed by atoms with E-state index >= 15 is 0 Å². The normalized spacial score (nSPS) is 11.3. The molecule has 29 heavy (non-hydrogen) atoms. The van der Waals surface area contributed by atoms with Gasteiger partial charge in [0.2, 0.25) is 15.9 Å². The Labute approximate surface area is 173 Å². The quantitative estimate of drug-likeness (QED) is 0.640. The topological polar surface area (TPSA) is 79.0 Å². The summed E-state index contributed by atoms with van der Waals surface area (Å²) in [5.74, 6) is 0.203.